The number of fused-ring (bicyclic) bond motifs is 1. The Hall–Kier alpha value is -3.68. The second kappa shape index (κ2) is 7.47. The molecular weight excluding hydrogens is 409 g/mol. The SMILES string of the molecule is Cc1c(C(=O)N2CC[C@@H](n3c(=O)n(C)c4cccnc43)C2)cc(-c2ccc(F)cc2)n1C. The lowest BCUT2D eigenvalue weighted by Gasteiger charge is -2.17. The predicted molar refractivity (Wildman–Crippen MR) is 120 cm³/mol. The summed E-state index contributed by atoms with van der Waals surface area (Å²) in [7, 11) is 3.64. The number of nitrogens with zero attached hydrogens (tertiary/aromatic N) is 5. The van der Waals surface area contributed by atoms with Gasteiger partial charge in [0.2, 0.25) is 0 Å². The van der Waals surface area contributed by atoms with Gasteiger partial charge in [-0.3, -0.25) is 13.9 Å². The van der Waals surface area contributed by atoms with E-state index in [2.05, 4.69) is 4.98 Å². The molecule has 32 heavy (non-hydrogen) atoms. The van der Waals surface area contributed by atoms with Crippen LogP contribution in [0.1, 0.15) is 28.5 Å². The Kier molecular flexibility index (Phi) is 4.73. The van der Waals surface area contributed by atoms with Crippen molar-refractivity contribution in [1.29, 1.82) is 0 Å². The van der Waals surface area contributed by atoms with Crippen LogP contribution in [0.15, 0.2) is 53.5 Å². The predicted octanol–water partition coefficient (Wildman–Crippen LogP) is 3.28. The molecule has 1 fully saturated rings. The van der Waals surface area contributed by atoms with Crippen molar-refractivity contribution in [2.45, 2.75) is 19.4 Å². The highest BCUT2D eigenvalue weighted by atomic mass is 19.1. The Labute approximate surface area is 184 Å². The maximum absolute atomic E-state index is 13.4. The summed E-state index contributed by atoms with van der Waals surface area (Å²) in [6, 6.07) is 11.7. The molecule has 8 heteroatoms. The molecule has 0 bridgehead atoms. The summed E-state index contributed by atoms with van der Waals surface area (Å²) < 4.78 is 18.6. The first-order chi connectivity index (χ1) is 15.4. The summed E-state index contributed by atoms with van der Waals surface area (Å²) in [6.07, 6.45) is 2.37. The maximum Gasteiger partial charge on any atom is 0.330 e. The first-order valence-corrected chi connectivity index (χ1v) is 10.6. The van der Waals surface area contributed by atoms with Crippen molar-refractivity contribution in [3.05, 3.63) is 76.2 Å². The quantitative estimate of drug-likeness (QED) is 0.498. The van der Waals surface area contributed by atoms with Gasteiger partial charge < -0.3 is 9.47 Å². The number of imidazole rings is 1. The van der Waals surface area contributed by atoms with Crippen LogP contribution < -0.4 is 5.69 Å². The zero-order valence-electron chi connectivity index (χ0n) is 18.2. The second-order valence-corrected chi connectivity index (χ2v) is 8.35. The first kappa shape index (κ1) is 20.2. The molecule has 1 amide bonds. The molecule has 0 unspecified atom stereocenters. The third kappa shape index (κ3) is 3.05. The fourth-order valence-electron chi connectivity index (χ4n) is 4.64. The summed E-state index contributed by atoms with van der Waals surface area (Å²) in [4.78, 5) is 32.5. The zero-order chi connectivity index (χ0) is 22.6. The average molecular weight is 433 g/mol. The number of likely N-dealkylation sites (tertiary alicyclic amines) is 1. The Morgan fingerprint density at radius 3 is 2.62 bits per heavy atom. The fraction of sp³-hybridized carbons (Fsp3) is 0.292. The second-order valence-electron chi connectivity index (χ2n) is 8.35. The summed E-state index contributed by atoms with van der Waals surface area (Å²) in [6.45, 7) is 2.93. The molecule has 0 radical (unpaired) electrons. The van der Waals surface area contributed by atoms with Gasteiger partial charge in [-0.1, -0.05) is 0 Å². The maximum atomic E-state index is 13.4. The summed E-state index contributed by atoms with van der Waals surface area (Å²) in [5.74, 6) is -0.354. The average Bonchev–Trinajstić information content (AvgIpc) is 3.46. The Morgan fingerprint density at radius 2 is 1.88 bits per heavy atom. The molecule has 164 valence electrons. The third-order valence-corrected chi connectivity index (χ3v) is 6.57. The number of benzene rings is 1. The zero-order valence-corrected chi connectivity index (χ0v) is 18.2. The number of halogens is 1. The molecule has 0 N–H and O–H groups in total. The summed E-state index contributed by atoms with van der Waals surface area (Å²) in [5, 5.41) is 0. The van der Waals surface area contributed by atoms with E-state index in [0.717, 1.165) is 22.5 Å². The molecule has 4 heterocycles. The molecule has 0 saturated carbocycles. The minimum absolute atomic E-state index is 0.0600. The van der Waals surface area contributed by atoms with Gasteiger partial charge in [0.15, 0.2) is 5.65 Å². The van der Waals surface area contributed by atoms with E-state index < -0.39 is 0 Å². The Balaban J connectivity index is 1.44. The van der Waals surface area contributed by atoms with Gasteiger partial charge in [0.25, 0.3) is 5.91 Å². The highest BCUT2D eigenvalue weighted by Gasteiger charge is 2.32. The van der Waals surface area contributed by atoms with E-state index in [4.69, 9.17) is 0 Å². The van der Waals surface area contributed by atoms with Crippen LogP contribution in [0.2, 0.25) is 0 Å². The van der Waals surface area contributed by atoms with Gasteiger partial charge in [-0.2, -0.15) is 0 Å². The molecule has 0 aliphatic carbocycles. The van der Waals surface area contributed by atoms with Crippen LogP contribution in [-0.2, 0) is 14.1 Å². The molecule has 7 nitrogen and oxygen atoms in total. The minimum atomic E-state index is -0.294. The van der Waals surface area contributed by atoms with E-state index in [-0.39, 0.29) is 23.5 Å². The summed E-state index contributed by atoms with van der Waals surface area (Å²) >= 11 is 0. The topological polar surface area (TPSA) is 65.1 Å². The van der Waals surface area contributed by atoms with E-state index >= 15 is 0 Å². The van der Waals surface area contributed by atoms with E-state index in [1.807, 2.05) is 36.7 Å². The Morgan fingerprint density at radius 1 is 1.12 bits per heavy atom. The lowest BCUT2D eigenvalue weighted by Crippen LogP contribution is -2.32. The van der Waals surface area contributed by atoms with E-state index in [1.54, 1.807) is 39.4 Å². The molecule has 1 aliphatic rings. The molecule has 3 aromatic heterocycles. The molecular formula is C24H24FN5O2. The number of amides is 1. The largest absolute Gasteiger partial charge is 0.347 e. The minimum Gasteiger partial charge on any atom is -0.347 e. The fourth-order valence-corrected chi connectivity index (χ4v) is 4.64. The molecule has 5 rings (SSSR count). The van der Waals surface area contributed by atoms with Crippen LogP contribution in [0.4, 0.5) is 4.39 Å². The standard InChI is InChI=1S/C24H24FN5O2/c1-15-19(13-21(27(15)2)16-6-8-17(25)9-7-16)23(31)29-12-10-18(14-29)30-22-20(5-4-11-26-22)28(3)24(30)32/h4-9,11,13,18H,10,12,14H2,1-3H3/t18-/m1/s1. The van der Waals surface area contributed by atoms with Crippen LogP contribution in [0.5, 0.6) is 0 Å². The van der Waals surface area contributed by atoms with Gasteiger partial charge in [-0.25, -0.2) is 14.2 Å². The highest BCUT2D eigenvalue weighted by Crippen LogP contribution is 2.29. The lowest BCUT2D eigenvalue weighted by molar-refractivity contribution is 0.0787. The van der Waals surface area contributed by atoms with Gasteiger partial charge in [0.05, 0.1) is 17.1 Å². The van der Waals surface area contributed by atoms with Crippen LogP contribution in [0.25, 0.3) is 22.4 Å². The molecule has 1 atom stereocenters. The van der Waals surface area contributed by atoms with Crippen LogP contribution in [0, 0.1) is 12.7 Å². The van der Waals surface area contributed by atoms with Crippen molar-refractivity contribution < 1.29 is 9.18 Å². The molecule has 1 aliphatic heterocycles. The first-order valence-electron chi connectivity index (χ1n) is 10.6. The number of aromatic nitrogens is 4. The van der Waals surface area contributed by atoms with Gasteiger partial charge >= 0.3 is 5.69 Å². The number of rotatable bonds is 3. The molecule has 0 spiro atoms. The number of carbonyl (C=O) groups is 1. The monoisotopic (exact) mass is 433 g/mol. The van der Waals surface area contributed by atoms with Crippen LogP contribution in [0.3, 0.4) is 0 Å². The number of pyridine rings is 1. The highest BCUT2D eigenvalue weighted by molar-refractivity contribution is 5.97. The van der Waals surface area contributed by atoms with Crippen molar-refractivity contribution in [3.63, 3.8) is 0 Å². The van der Waals surface area contributed by atoms with Crippen molar-refractivity contribution >= 4 is 17.1 Å². The number of aryl methyl sites for hydroxylation is 1. The van der Waals surface area contributed by atoms with Gasteiger partial charge in [0.1, 0.15) is 5.82 Å². The number of hydrogen-bond acceptors (Lipinski definition) is 3. The van der Waals surface area contributed by atoms with Gasteiger partial charge in [-0.05, 0) is 61.4 Å². The van der Waals surface area contributed by atoms with E-state index in [0.29, 0.717) is 30.7 Å². The number of hydrogen-bond donors (Lipinski definition) is 0. The van der Waals surface area contributed by atoms with Crippen molar-refractivity contribution in [1.82, 2.24) is 23.6 Å². The van der Waals surface area contributed by atoms with Gasteiger partial charge in [0, 0.05) is 44.8 Å². The van der Waals surface area contributed by atoms with Gasteiger partial charge in [-0.15, -0.1) is 0 Å². The van der Waals surface area contributed by atoms with Crippen LogP contribution in [-0.4, -0.2) is 42.6 Å². The van der Waals surface area contributed by atoms with Crippen molar-refractivity contribution in [2.24, 2.45) is 14.1 Å². The van der Waals surface area contributed by atoms with E-state index in [1.165, 1.54) is 12.1 Å². The molecule has 1 saturated heterocycles. The van der Waals surface area contributed by atoms with Crippen molar-refractivity contribution in [3.8, 4) is 11.3 Å². The summed E-state index contributed by atoms with van der Waals surface area (Å²) in [5.41, 5.74) is 4.49. The third-order valence-electron chi connectivity index (χ3n) is 6.57. The molecule has 1 aromatic carbocycles. The Bertz CT molecular complexity index is 1400. The normalized spacial score (nSPS) is 16.2. The molecule has 4 aromatic rings. The van der Waals surface area contributed by atoms with Crippen LogP contribution >= 0.6 is 0 Å². The van der Waals surface area contributed by atoms with E-state index in [9.17, 15) is 14.0 Å². The smallest absolute Gasteiger partial charge is 0.330 e. The lowest BCUT2D eigenvalue weighted by atomic mass is 10.1. The van der Waals surface area contributed by atoms with Crippen molar-refractivity contribution in [2.75, 3.05) is 13.1 Å². The number of carbonyl (C=O) groups excluding carboxylic acids is 1.